The van der Waals surface area contributed by atoms with Gasteiger partial charge in [0.1, 0.15) is 0 Å². The zero-order valence-electron chi connectivity index (χ0n) is 10.7. The van der Waals surface area contributed by atoms with Gasteiger partial charge in [0.2, 0.25) is 0 Å². The van der Waals surface area contributed by atoms with Crippen LogP contribution < -0.4 is 0 Å². The van der Waals surface area contributed by atoms with Crippen LogP contribution in [0.2, 0.25) is 0 Å². The molecule has 1 fully saturated rings. The lowest BCUT2D eigenvalue weighted by Gasteiger charge is -2.38. The Morgan fingerprint density at radius 2 is 2.25 bits per heavy atom. The quantitative estimate of drug-likeness (QED) is 0.742. The van der Waals surface area contributed by atoms with Crippen LogP contribution in [0, 0.1) is 17.3 Å². The Kier molecular flexibility index (Phi) is 4.63. The molecule has 1 aliphatic carbocycles. The second-order valence-electron chi connectivity index (χ2n) is 5.90. The summed E-state index contributed by atoms with van der Waals surface area (Å²) in [6.07, 6.45) is 4.88. The molecule has 0 spiro atoms. The fourth-order valence-corrected chi connectivity index (χ4v) is 2.81. The first kappa shape index (κ1) is 13.3. The molecular formula is C13H24O3. The van der Waals surface area contributed by atoms with Crippen LogP contribution in [0.5, 0.6) is 0 Å². The molecule has 3 heteroatoms. The molecule has 0 aromatic rings. The molecule has 0 aromatic heterocycles. The van der Waals surface area contributed by atoms with Gasteiger partial charge >= 0.3 is 6.16 Å². The minimum absolute atomic E-state index is 0.341. The Bertz CT molecular complexity index is 235. The van der Waals surface area contributed by atoms with E-state index in [1.165, 1.54) is 25.7 Å². The van der Waals surface area contributed by atoms with E-state index in [0.717, 1.165) is 12.3 Å². The van der Waals surface area contributed by atoms with E-state index < -0.39 is 6.16 Å². The van der Waals surface area contributed by atoms with E-state index in [4.69, 9.17) is 5.11 Å². The highest BCUT2D eigenvalue weighted by Crippen LogP contribution is 2.42. The second kappa shape index (κ2) is 5.55. The molecule has 3 nitrogen and oxygen atoms in total. The summed E-state index contributed by atoms with van der Waals surface area (Å²) in [5.41, 5.74) is 0.463. The average molecular weight is 228 g/mol. The highest BCUT2D eigenvalue weighted by molar-refractivity contribution is 5.56. The van der Waals surface area contributed by atoms with Crippen molar-refractivity contribution in [2.75, 3.05) is 6.61 Å². The molecule has 2 atom stereocenters. The normalized spacial score (nSPS) is 26.1. The van der Waals surface area contributed by atoms with Crippen molar-refractivity contribution >= 4 is 6.16 Å². The molecule has 0 amide bonds. The van der Waals surface area contributed by atoms with Gasteiger partial charge in [-0.25, -0.2) is 4.79 Å². The van der Waals surface area contributed by atoms with Crippen LogP contribution in [0.1, 0.15) is 52.9 Å². The third kappa shape index (κ3) is 4.42. The molecule has 0 radical (unpaired) electrons. The van der Waals surface area contributed by atoms with E-state index in [9.17, 15) is 4.79 Å². The van der Waals surface area contributed by atoms with Gasteiger partial charge in [0.25, 0.3) is 0 Å². The maximum atomic E-state index is 10.2. The van der Waals surface area contributed by atoms with Crippen LogP contribution in [0.4, 0.5) is 4.79 Å². The first-order valence-corrected chi connectivity index (χ1v) is 6.26. The molecule has 1 N–H and O–H groups in total. The van der Waals surface area contributed by atoms with E-state index in [0.29, 0.717) is 17.9 Å². The van der Waals surface area contributed by atoms with E-state index in [1.54, 1.807) is 0 Å². The summed E-state index contributed by atoms with van der Waals surface area (Å²) >= 11 is 0. The molecule has 1 rings (SSSR count). The van der Waals surface area contributed by atoms with Gasteiger partial charge in [-0.05, 0) is 36.5 Å². The van der Waals surface area contributed by atoms with Crippen LogP contribution in [0.25, 0.3) is 0 Å². The minimum Gasteiger partial charge on any atom is -0.450 e. The lowest BCUT2D eigenvalue weighted by atomic mass is 9.68. The molecule has 1 aliphatic rings. The number of hydrogen-bond acceptors (Lipinski definition) is 2. The van der Waals surface area contributed by atoms with Crippen molar-refractivity contribution in [3.05, 3.63) is 0 Å². The van der Waals surface area contributed by atoms with E-state index in [-0.39, 0.29) is 0 Å². The zero-order chi connectivity index (χ0) is 12.2. The van der Waals surface area contributed by atoms with Gasteiger partial charge in [-0.15, -0.1) is 0 Å². The van der Waals surface area contributed by atoms with Crippen LogP contribution in [0.3, 0.4) is 0 Å². The third-order valence-corrected chi connectivity index (χ3v) is 3.85. The number of rotatable bonds is 4. The molecule has 94 valence electrons. The van der Waals surface area contributed by atoms with Crippen LogP contribution in [0.15, 0.2) is 0 Å². The summed E-state index contributed by atoms with van der Waals surface area (Å²) in [7, 11) is 0. The van der Waals surface area contributed by atoms with Crippen molar-refractivity contribution in [2.45, 2.75) is 52.9 Å². The lowest BCUT2D eigenvalue weighted by molar-refractivity contribution is 0.0752. The highest BCUT2D eigenvalue weighted by Gasteiger charge is 2.30. The van der Waals surface area contributed by atoms with Crippen molar-refractivity contribution < 1.29 is 14.6 Å². The number of carboxylic acid groups (broad SMARTS) is 1. The smallest absolute Gasteiger partial charge is 0.450 e. The van der Waals surface area contributed by atoms with Crippen molar-refractivity contribution in [1.29, 1.82) is 0 Å². The topological polar surface area (TPSA) is 46.5 Å². The van der Waals surface area contributed by atoms with Crippen molar-refractivity contribution in [3.63, 3.8) is 0 Å². The van der Waals surface area contributed by atoms with Gasteiger partial charge in [0.15, 0.2) is 0 Å². The van der Waals surface area contributed by atoms with Crippen LogP contribution >= 0.6 is 0 Å². The fraction of sp³-hybridized carbons (Fsp3) is 0.923. The predicted octanol–water partition coefficient (Wildman–Crippen LogP) is 3.92. The predicted molar refractivity (Wildman–Crippen MR) is 63.5 cm³/mol. The maximum Gasteiger partial charge on any atom is 0.505 e. The Hall–Kier alpha value is -0.730. The number of carbonyl (C=O) groups is 1. The first-order chi connectivity index (χ1) is 7.41. The van der Waals surface area contributed by atoms with E-state index >= 15 is 0 Å². The summed E-state index contributed by atoms with van der Waals surface area (Å²) < 4.78 is 4.57. The summed E-state index contributed by atoms with van der Waals surface area (Å²) in [4.78, 5) is 10.2. The zero-order valence-corrected chi connectivity index (χ0v) is 10.7. The van der Waals surface area contributed by atoms with Crippen LogP contribution in [-0.4, -0.2) is 17.9 Å². The molecular weight excluding hydrogens is 204 g/mol. The number of hydrogen-bond donors (Lipinski definition) is 1. The third-order valence-electron chi connectivity index (χ3n) is 3.85. The Labute approximate surface area is 98.2 Å². The summed E-state index contributed by atoms with van der Waals surface area (Å²) in [5, 5.41) is 8.40. The molecule has 2 unspecified atom stereocenters. The fourth-order valence-electron chi connectivity index (χ4n) is 2.81. The number of ether oxygens (including phenoxy) is 1. The van der Waals surface area contributed by atoms with Crippen molar-refractivity contribution in [2.24, 2.45) is 17.3 Å². The lowest BCUT2D eigenvalue weighted by Crippen LogP contribution is -2.27. The Morgan fingerprint density at radius 1 is 1.56 bits per heavy atom. The molecule has 16 heavy (non-hydrogen) atoms. The molecule has 0 aliphatic heterocycles. The van der Waals surface area contributed by atoms with Gasteiger partial charge in [-0.1, -0.05) is 33.6 Å². The van der Waals surface area contributed by atoms with E-state index in [1.807, 2.05) is 0 Å². The van der Waals surface area contributed by atoms with Crippen LogP contribution in [-0.2, 0) is 4.74 Å². The molecule has 0 saturated heterocycles. The highest BCUT2D eigenvalue weighted by atomic mass is 16.7. The summed E-state index contributed by atoms with van der Waals surface area (Å²) in [5.74, 6) is 1.31. The molecule has 0 heterocycles. The van der Waals surface area contributed by atoms with Gasteiger partial charge in [-0.3, -0.25) is 0 Å². The monoisotopic (exact) mass is 228 g/mol. The second-order valence-corrected chi connectivity index (χ2v) is 5.90. The molecule has 0 aromatic carbocycles. The van der Waals surface area contributed by atoms with Crippen molar-refractivity contribution in [1.82, 2.24) is 0 Å². The summed E-state index contributed by atoms with van der Waals surface area (Å²) in [6.45, 7) is 7.23. The summed E-state index contributed by atoms with van der Waals surface area (Å²) in [6, 6.07) is 0. The van der Waals surface area contributed by atoms with Gasteiger partial charge in [0, 0.05) is 0 Å². The standard InChI is InChI=1S/C13H24O3/c1-10(6-8-16-12(14)15)11-5-4-7-13(2,3)9-11/h10-11H,4-9H2,1-3H3,(H,14,15). The minimum atomic E-state index is -1.16. The molecule has 0 bridgehead atoms. The van der Waals surface area contributed by atoms with Gasteiger partial charge in [-0.2, -0.15) is 0 Å². The van der Waals surface area contributed by atoms with Gasteiger partial charge < -0.3 is 9.84 Å². The molecule has 1 saturated carbocycles. The Morgan fingerprint density at radius 3 is 2.81 bits per heavy atom. The first-order valence-electron chi connectivity index (χ1n) is 6.26. The average Bonchev–Trinajstić information content (AvgIpc) is 2.15. The Balaban J connectivity index is 2.30. The SMILES string of the molecule is CC(CCOC(=O)O)C1CCCC(C)(C)C1. The van der Waals surface area contributed by atoms with Crippen molar-refractivity contribution in [3.8, 4) is 0 Å². The van der Waals surface area contributed by atoms with E-state index in [2.05, 4.69) is 25.5 Å². The largest absolute Gasteiger partial charge is 0.505 e. The maximum absolute atomic E-state index is 10.2. The van der Waals surface area contributed by atoms with Gasteiger partial charge in [0.05, 0.1) is 6.61 Å².